The van der Waals surface area contributed by atoms with Crippen LogP contribution >= 0.6 is 11.8 Å². The van der Waals surface area contributed by atoms with Gasteiger partial charge >= 0.3 is 0 Å². The number of hydrogen-bond donors (Lipinski definition) is 1. The lowest BCUT2D eigenvalue weighted by Crippen LogP contribution is -2.34. The Balaban J connectivity index is 1.91. The number of rotatable bonds is 9. The van der Waals surface area contributed by atoms with Crippen molar-refractivity contribution >= 4 is 17.7 Å². The first-order valence-corrected chi connectivity index (χ1v) is 10.2. The molecule has 0 radical (unpaired) electrons. The molecule has 142 valence electrons. The van der Waals surface area contributed by atoms with Crippen LogP contribution in [0.15, 0.2) is 29.4 Å². The smallest absolute Gasteiger partial charge is 0.230 e. The maximum atomic E-state index is 12.2. The fraction of sp³-hybridized carbons (Fsp3) is 0.579. The zero-order chi connectivity index (χ0) is 19.1. The molecular weight excluding hydrogens is 346 g/mol. The van der Waals surface area contributed by atoms with Gasteiger partial charge in [0.25, 0.3) is 0 Å². The average Bonchev–Trinajstić information content (AvgIpc) is 3.07. The Bertz CT molecular complexity index is 696. The summed E-state index contributed by atoms with van der Waals surface area (Å²) in [4.78, 5) is 12.2. The summed E-state index contributed by atoms with van der Waals surface area (Å²) in [6, 6.07) is 8.36. The fourth-order valence-corrected chi connectivity index (χ4v) is 3.24. The van der Waals surface area contributed by atoms with E-state index in [9.17, 15) is 4.79 Å². The summed E-state index contributed by atoms with van der Waals surface area (Å²) in [6.45, 7) is 10.8. The Morgan fingerprint density at radius 2 is 1.81 bits per heavy atom. The van der Waals surface area contributed by atoms with Crippen LogP contribution in [0.25, 0.3) is 5.69 Å². The Hall–Kier alpha value is -1.89. The molecular formula is C19H29N5OS. The average molecular weight is 376 g/mol. The monoisotopic (exact) mass is 375 g/mol. The Morgan fingerprint density at radius 3 is 2.42 bits per heavy atom. The second-order valence-electron chi connectivity index (χ2n) is 7.35. The molecule has 1 aromatic carbocycles. The summed E-state index contributed by atoms with van der Waals surface area (Å²) in [5.41, 5.74) is 2.17. The molecule has 0 aliphatic rings. The molecule has 26 heavy (non-hydrogen) atoms. The first kappa shape index (κ1) is 20.4. The number of thioether (sulfide) groups is 1. The van der Waals surface area contributed by atoms with Gasteiger partial charge in [-0.05, 0) is 59.7 Å². The highest BCUT2D eigenvalue weighted by molar-refractivity contribution is 7.99. The minimum Gasteiger partial charge on any atom is -0.353 e. The Morgan fingerprint density at radius 1 is 1.12 bits per heavy atom. The van der Waals surface area contributed by atoms with Crippen molar-refractivity contribution in [2.75, 3.05) is 5.75 Å². The van der Waals surface area contributed by atoms with Gasteiger partial charge in [0.2, 0.25) is 11.1 Å². The van der Waals surface area contributed by atoms with E-state index in [1.54, 1.807) is 4.68 Å². The molecule has 0 spiro atoms. The van der Waals surface area contributed by atoms with Gasteiger partial charge in [0.1, 0.15) is 0 Å². The number of hydrogen-bond acceptors (Lipinski definition) is 5. The lowest BCUT2D eigenvalue weighted by atomic mass is 10.0. The highest BCUT2D eigenvalue weighted by Crippen LogP contribution is 2.20. The van der Waals surface area contributed by atoms with Crippen LogP contribution in [0.4, 0.5) is 0 Å². The van der Waals surface area contributed by atoms with Crippen molar-refractivity contribution in [3.05, 3.63) is 29.8 Å². The maximum Gasteiger partial charge on any atom is 0.230 e. The SMILES string of the molecule is CC(C)CCC(C)NC(=O)CSc1nnnn1-c1ccc(C(C)C)cc1. The maximum absolute atomic E-state index is 12.2. The lowest BCUT2D eigenvalue weighted by molar-refractivity contribution is -0.119. The number of carbonyl (C=O) groups excluding carboxylic acids is 1. The van der Waals surface area contributed by atoms with E-state index in [2.05, 4.69) is 60.7 Å². The predicted molar refractivity (Wildman–Crippen MR) is 106 cm³/mol. The molecule has 0 aliphatic carbocycles. The van der Waals surface area contributed by atoms with E-state index in [4.69, 9.17) is 0 Å². The number of nitrogens with one attached hydrogen (secondary N) is 1. The largest absolute Gasteiger partial charge is 0.353 e. The van der Waals surface area contributed by atoms with Crippen molar-refractivity contribution in [2.45, 2.75) is 64.6 Å². The van der Waals surface area contributed by atoms with Gasteiger partial charge in [-0.1, -0.05) is 51.6 Å². The second kappa shape index (κ2) is 9.71. The summed E-state index contributed by atoms with van der Waals surface area (Å²) in [5, 5.41) is 15.5. The Labute approximate surface area is 160 Å². The van der Waals surface area contributed by atoms with E-state index in [0.717, 1.165) is 18.5 Å². The highest BCUT2D eigenvalue weighted by atomic mass is 32.2. The molecule has 0 aliphatic heterocycles. The van der Waals surface area contributed by atoms with Gasteiger partial charge < -0.3 is 5.32 Å². The number of amides is 1. The van der Waals surface area contributed by atoms with Crippen LogP contribution < -0.4 is 5.32 Å². The van der Waals surface area contributed by atoms with Crippen molar-refractivity contribution in [1.29, 1.82) is 0 Å². The normalized spacial score (nSPS) is 12.6. The van der Waals surface area contributed by atoms with Gasteiger partial charge in [-0.25, -0.2) is 0 Å². The topological polar surface area (TPSA) is 72.7 Å². The third kappa shape index (κ3) is 6.12. The van der Waals surface area contributed by atoms with E-state index < -0.39 is 0 Å². The molecule has 0 bridgehead atoms. The number of carbonyl (C=O) groups is 1. The molecule has 0 saturated carbocycles. The molecule has 1 unspecified atom stereocenters. The molecule has 1 N–H and O–H groups in total. The van der Waals surface area contributed by atoms with E-state index >= 15 is 0 Å². The van der Waals surface area contributed by atoms with Crippen molar-refractivity contribution in [2.24, 2.45) is 5.92 Å². The molecule has 2 rings (SSSR count). The number of benzene rings is 1. The van der Waals surface area contributed by atoms with Crippen LogP contribution in [0.1, 0.15) is 58.9 Å². The van der Waals surface area contributed by atoms with Crippen LogP contribution in [-0.2, 0) is 4.79 Å². The van der Waals surface area contributed by atoms with Crippen LogP contribution in [-0.4, -0.2) is 37.9 Å². The quantitative estimate of drug-likeness (QED) is 0.675. The second-order valence-corrected chi connectivity index (χ2v) is 8.29. The van der Waals surface area contributed by atoms with Crippen LogP contribution in [0.5, 0.6) is 0 Å². The van der Waals surface area contributed by atoms with Gasteiger partial charge in [-0.15, -0.1) is 5.10 Å². The van der Waals surface area contributed by atoms with Crippen molar-refractivity contribution in [3.63, 3.8) is 0 Å². The Kier molecular flexibility index (Phi) is 7.63. The zero-order valence-corrected chi connectivity index (χ0v) is 17.1. The molecule has 1 atom stereocenters. The van der Waals surface area contributed by atoms with E-state index in [1.807, 2.05) is 19.1 Å². The van der Waals surface area contributed by atoms with E-state index in [-0.39, 0.29) is 11.9 Å². The van der Waals surface area contributed by atoms with Gasteiger partial charge in [0.15, 0.2) is 0 Å². The van der Waals surface area contributed by atoms with Crippen LogP contribution in [0, 0.1) is 5.92 Å². The third-order valence-electron chi connectivity index (χ3n) is 4.16. The van der Waals surface area contributed by atoms with Gasteiger partial charge in [0, 0.05) is 6.04 Å². The predicted octanol–water partition coefficient (Wildman–Crippen LogP) is 3.82. The minimum absolute atomic E-state index is 0.0101. The van der Waals surface area contributed by atoms with E-state index in [1.165, 1.54) is 17.3 Å². The van der Waals surface area contributed by atoms with Crippen LogP contribution in [0.2, 0.25) is 0 Å². The van der Waals surface area contributed by atoms with Gasteiger partial charge in [-0.3, -0.25) is 4.79 Å². The van der Waals surface area contributed by atoms with Crippen LogP contribution in [0.3, 0.4) is 0 Å². The lowest BCUT2D eigenvalue weighted by Gasteiger charge is -2.14. The molecule has 7 heteroatoms. The molecule has 1 aromatic heterocycles. The number of nitrogens with zero attached hydrogens (tertiary/aromatic N) is 4. The van der Waals surface area contributed by atoms with Gasteiger partial charge in [-0.2, -0.15) is 4.68 Å². The molecule has 0 saturated heterocycles. The number of tetrazole rings is 1. The summed E-state index contributed by atoms with van der Waals surface area (Å²) in [7, 11) is 0. The molecule has 0 fully saturated rings. The molecule has 1 heterocycles. The first-order chi connectivity index (χ1) is 12.4. The van der Waals surface area contributed by atoms with E-state index in [0.29, 0.717) is 22.7 Å². The summed E-state index contributed by atoms with van der Waals surface area (Å²) in [6.07, 6.45) is 2.10. The van der Waals surface area contributed by atoms with Crippen molar-refractivity contribution < 1.29 is 4.79 Å². The summed E-state index contributed by atoms with van der Waals surface area (Å²) in [5.74, 6) is 1.44. The van der Waals surface area contributed by atoms with Crippen molar-refractivity contribution in [3.8, 4) is 5.69 Å². The molecule has 1 amide bonds. The van der Waals surface area contributed by atoms with Gasteiger partial charge in [0.05, 0.1) is 11.4 Å². The molecule has 2 aromatic rings. The fourth-order valence-electron chi connectivity index (χ4n) is 2.53. The minimum atomic E-state index is 0.0101. The molecule has 6 nitrogen and oxygen atoms in total. The zero-order valence-electron chi connectivity index (χ0n) is 16.3. The first-order valence-electron chi connectivity index (χ1n) is 9.17. The number of aromatic nitrogens is 4. The summed E-state index contributed by atoms with van der Waals surface area (Å²) >= 11 is 1.35. The highest BCUT2D eigenvalue weighted by Gasteiger charge is 2.13. The van der Waals surface area contributed by atoms with Crippen molar-refractivity contribution in [1.82, 2.24) is 25.5 Å². The third-order valence-corrected chi connectivity index (χ3v) is 5.08. The standard InChI is InChI=1S/C19H29N5OS/c1-13(2)6-7-15(5)20-18(25)12-26-19-21-22-23-24(19)17-10-8-16(9-11-17)14(3)4/h8-11,13-15H,6-7,12H2,1-5H3,(H,20,25). The summed E-state index contributed by atoms with van der Waals surface area (Å²) < 4.78 is 1.67.